The molecule has 1 N–H and O–H groups in total. The third kappa shape index (κ3) is 4.20. The third-order valence-electron chi connectivity index (χ3n) is 4.56. The van der Waals surface area contributed by atoms with Gasteiger partial charge in [0.25, 0.3) is 5.91 Å². The number of amides is 2. The van der Waals surface area contributed by atoms with E-state index in [1.165, 1.54) is 0 Å². The normalized spacial score (nSPS) is 14.3. The molecule has 1 aromatic heterocycles. The molecule has 2 amide bonds. The van der Waals surface area contributed by atoms with Crippen LogP contribution in [0.15, 0.2) is 36.7 Å². The molecule has 1 aliphatic heterocycles. The third-order valence-corrected chi connectivity index (χ3v) is 4.56. The van der Waals surface area contributed by atoms with Crippen LogP contribution in [0.3, 0.4) is 0 Å². The summed E-state index contributed by atoms with van der Waals surface area (Å²) in [6.45, 7) is 8.46. The van der Waals surface area contributed by atoms with E-state index in [4.69, 9.17) is 0 Å². The summed E-state index contributed by atoms with van der Waals surface area (Å²) in [5.41, 5.74) is 4.43. The second-order valence-electron chi connectivity index (χ2n) is 6.76. The number of nitrogens with one attached hydrogen (secondary N) is 1. The number of pyridine rings is 1. The van der Waals surface area contributed by atoms with E-state index in [9.17, 15) is 9.59 Å². The van der Waals surface area contributed by atoms with Crippen LogP contribution in [0.5, 0.6) is 0 Å². The zero-order valence-electron chi connectivity index (χ0n) is 15.5. The van der Waals surface area contributed by atoms with Gasteiger partial charge in [0, 0.05) is 45.0 Å². The summed E-state index contributed by atoms with van der Waals surface area (Å²) in [5.74, 6) is -0.0731. The van der Waals surface area contributed by atoms with Crippen molar-refractivity contribution in [3.8, 4) is 0 Å². The Morgan fingerprint density at radius 2 is 1.62 bits per heavy atom. The second-order valence-corrected chi connectivity index (χ2v) is 6.76. The van der Waals surface area contributed by atoms with Crippen LogP contribution in [0, 0.1) is 13.8 Å². The molecular weight excluding hydrogens is 328 g/mol. The Hall–Kier alpha value is -2.89. The number of carbonyl (C=O) groups excluding carboxylic acids is 2. The zero-order chi connectivity index (χ0) is 18.7. The molecule has 1 aromatic carbocycles. The highest BCUT2D eigenvalue weighted by molar-refractivity contribution is 6.04. The minimum Gasteiger partial charge on any atom is -0.367 e. The van der Waals surface area contributed by atoms with E-state index >= 15 is 0 Å². The van der Waals surface area contributed by atoms with Gasteiger partial charge >= 0.3 is 0 Å². The Balaban J connectivity index is 1.71. The van der Waals surface area contributed by atoms with Crippen LogP contribution < -0.4 is 10.2 Å². The number of nitrogens with zero attached hydrogens (tertiary/aromatic N) is 3. The van der Waals surface area contributed by atoms with E-state index in [-0.39, 0.29) is 11.8 Å². The molecule has 0 spiro atoms. The van der Waals surface area contributed by atoms with Gasteiger partial charge in [0.15, 0.2) is 0 Å². The van der Waals surface area contributed by atoms with Crippen molar-refractivity contribution in [2.75, 3.05) is 36.4 Å². The molecule has 0 atom stereocenters. The minimum atomic E-state index is -0.174. The van der Waals surface area contributed by atoms with E-state index in [0.717, 1.165) is 35.6 Å². The summed E-state index contributed by atoms with van der Waals surface area (Å²) in [7, 11) is 0. The predicted molar refractivity (Wildman–Crippen MR) is 103 cm³/mol. The first kappa shape index (κ1) is 17.9. The second kappa shape index (κ2) is 7.56. The molecule has 6 nitrogen and oxygen atoms in total. The number of benzene rings is 1. The summed E-state index contributed by atoms with van der Waals surface area (Å²) < 4.78 is 0. The molecule has 0 saturated carbocycles. The highest BCUT2D eigenvalue weighted by Crippen LogP contribution is 2.19. The fourth-order valence-corrected chi connectivity index (χ4v) is 3.25. The van der Waals surface area contributed by atoms with Gasteiger partial charge in [-0.25, -0.2) is 0 Å². The number of hydrogen-bond donors (Lipinski definition) is 1. The highest BCUT2D eigenvalue weighted by atomic mass is 16.2. The first-order valence-corrected chi connectivity index (χ1v) is 8.77. The van der Waals surface area contributed by atoms with Crippen molar-refractivity contribution in [1.82, 2.24) is 9.88 Å². The zero-order valence-corrected chi connectivity index (χ0v) is 15.5. The van der Waals surface area contributed by atoms with E-state index in [2.05, 4.69) is 21.3 Å². The molecule has 1 fully saturated rings. The van der Waals surface area contributed by atoms with E-state index in [0.29, 0.717) is 18.7 Å². The van der Waals surface area contributed by atoms with Crippen LogP contribution in [-0.2, 0) is 4.79 Å². The molecule has 2 heterocycles. The van der Waals surface area contributed by atoms with Crippen LogP contribution in [0.4, 0.5) is 11.4 Å². The number of anilines is 2. The fraction of sp³-hybridized carbons (Fsp3) is 0.350. The number of rotatable bonds is 3. The lowest BCUT2D eigenvalue weighted by Gasteiger charge is -2.35. The van der Waals surface area contributed by atoms with Crippen molar-refractivity contribution in [1.29, 1.82) is 0 Å². The molecular formula is C20H24N4O2. The first-order valence-electron chi connectivity index (χ1n) is 8.77. The number of aromatic nitrogens is 1. The highest BCUT2D eigenvalue weighted by Gasteiger charge is 2.19. The molecule has 0 bridgehead atoms. The lowest BCUT2D eigenvalue weighted by molar-refractivity contribution is -0.129. The van der Waals surface area contributed by atoms with Gasteiger partial charge in [-0.05, 0) is 43.2 Å². The average molecular weight is 352 g/mol. The van der Waals surface area contributed by atoms with Crippen LogP contribution >= 0.6 is 0 Å². The minimum absolute atomic E-state index is 0.101. The lowest BCUT2D eigenvalue weighted by atomic mass is 10.1. The summed E-state index contributed by atoms with van der Waals surface area (Å²) in [6.07, 6.45) is 3.34. The van der Waals surface area contributed by atoms with Gasteiger partial charge < -0.3 is 15.1 Å². The molecule has 0 aliphatic carbocycles. The van der Waals surface area contributed by atoms with Crippen LogP contribution in [0.2, 0.25) is 0 Å². The van der Waals surface area contributed by atoms with E-state index in [1.807, 2.05) is 36.9 Å². The molecule has 136 valence electrons. The summed E-state index contributed by atoms with van der Waals surface area (Å²) >= 11 is 0. The molecule has 1 saturated heterocycles. The van der Waals surface area contributed by atoms with Gasteiger partial charge in [-0.2, -0.15) is 0 Å². The van der Waals surface area contributed by atoms with Gasteiger partial charge in [0.05, 0.1) is 17.4 Å². The molecule has 0 radical (unpaired) electrons. The van der Waals surface area contributed by atoms with Crippen LogP contribution in [-0.4, -0.2) is 47.9 Å². The van der Waals surface area contributed by atoms with E-state index < -0.39 is 0 Å². The van der Waals surface area contributed by atoms with Gasteiger partial charge in [-0.1, -0.05) is 6.07 Å². The lowest BCUT2D eigenvalue weighted by Crippen LogP contribution is -2.48. The van der Waals surface area contributed by atoms with Gasteiger partial charge in [0.2, 0.25) is 5.91 Å². The Kier molecular flexibility index (Phi) is 5.21. The van der Waals surface area contributed by atoms with Crippen molar-refractivity contribution < 1.29 is 9.59 Å². The number of hydrogen-bond acceptors (Lipinski definition) is 4. The molecule has 26 heavy (non-hydrogen) atoms. The molecule has 1 aliphatic rings. The summed E-state index contributed by atoms with van der Waals surface area (Å²) in [5, 5.41) is 2.94. The molecule has 2 aromatic rings. The van der Waals surface area contributed by atoms with Crippen molar-refractivity contribution in [3.05, 3.63) is 53.3 Å². The first-order chi connectivity index (χ1) is 12.4. The maximum absolute atomic E-state index is 12.6. The van der Waals surface area contributed by atoms with Crippen molar-refractivity contribution in [3.63, 3.8) is 0 Å². The summed E-state index contributed by atoms with van der Waals surface area (Å²) in [4.78, 5) is 32.3. The van der Waals surface area contributed by atoms with Gasteiger partial charge in [-0.3, -0.25) is 14.6 Å². The maximum atomic E-state index is 12.6. The number of carbonyl (C=O) groups is 2. The van der Waals surface area contributed by atoms with Crippen LogP contribution in [0.25, 0.3) is 0 Å². The largest absolute Gasteiger partial charge is 0.367 e. The Morgan fingerprint density at radius 1 is 0.962 bits per heavy atom. The van der Waals surface area contributed by atoms with E-state index in [1.54, 1.807) is 19.3 Å². The Bertz CT molecular complexity index is 806. The quantitative estimate of drug-likeness (QED) is 0.922. The maximum Gasteiger partial charge on any atom is 0.257 e. The smallest absolute Gasteiger partial charge is 0.257 e. The van der Waals surface area contributed by atoms with Crippen molar-refractivity contribution in [2.45, 2.75) is 20.8 Å². The fourth-order valence-electron chi connectivity index (χ4n) is 3.25. The Labute approximate surface area is 153 Å². The van der Waals surface area contributed by atoms with Crippen molar-refractivity contribution >= 4 is 23.2 Å². The monoisotopic (exact) mass is 352 g/mol. The molecule has 6 heteroatoms. The summed E-state index contributed by atoms with van der Waals surface area (Å²) in [6, 6.07) is 7.82. The topological polar surface area (TPSA) is 65.5 Å². The average Bonchev–Trinajstić information content (AvgIpc) is 2.61. The predicted octanol–water partition coefficient (Wildman–Crippen LogP) is 2.62. The SMILES string of the molecule is CC(=O)N1CCN(c2cncc(C(=O)Nc3cc(C)cc(C)c3)c2)CC1. The molecule has 3 rings (SSSR count). The number of piperazine rings is 1. The standard InChI is InChI=1S/C20H24N4O2/c1-14-8-15(2)10-18(9-14)22-20(26)17-11-19(13-21-12-17)24-6-4-23(5-7-24)16(3)25/h8-13H,4-7H2,1-3H3,(H,22,26). The molecule has 0 unspecified atom stereocenters. The van der Waals surface area contributed by atoms with Gasteiger partial charge in [-0.15, -0.1) is 0 Å². The van der Waals surface area contributed by atoms with Crippen molar-refractivity contribution in [2.24, 2.45) is 0 Å². The van der Waals surface area contributed by atoms with Crippen LogP contribution in [0.1, 0.15) is 28.4 Å². The Morgan fingerprint density at radius 3 is 2.23 bits per heavy atom. The van der Waals surface area contributed by atoms with Gasteiger partial charge in [0.1, 0.15) is 0 Å². The number of aryl methyl sites for hydroxylation is 2.